The minimum Gasteiger partial charge on any atom is -0.408 e. The summed E-state index contributed by atoms with van der Waals surface area (Å²) < 4.78 is 6.62. The summed E-state index contributed by atoms with van der Waals surface area (Å²) in [4.78, 5) is 26.8. The highest BCUT2D eigenvalue weighted by Gasteiger charge is 2.24. The van der Waals surface area contributed by atoms with Crippen LogP contribution in [0, 0.1) is 0 Å². The van der Waals surface area contributed by atoms with Crippen LogP contribution in [0.5, 0.6) is 0 Å². The average Bonchev–Trinajstić information content (AvgIpc) is 2.84. The van der Waals surface area contributed by atoms with E-state index in [0.29, 0.717) is 24.2 Å². The Bertz CT molecular complexity index is 1030. The second kappa shape index (κ2) is 7.82. The maximum Gasteiger partial charge on any atom is 0.420 e. The third-order valence-corrected chi connectivity index (χ3v) is 6.47. The van der Waals surface area contributed by atoms with Gasteiger partial charge in [0.15, 0.2) is 5.58 Å². The van der Waals surface area contributed by atoms with E-state index >= 15 is 0 Å². The summed E-state index contributed by atoms with van der Waals surface area (Å²) in [6.45, 7) is 1.30. The number of thioether (sulfide) groups is 1. The van der Waals surface area contributed by atoms with Crippen molar-refractivity contribution in [3.8, 4) is 0 Å². The molecule has 140 valence electrons. The monoisotopic (exact) mass is 402 g/mol. The van der Waals surface area contributed by atoms with Gasteiger partial charge in [-0.15, -0.1) is 0 Å². The first-order chi connectivity index (χ1) is 13.1. The molecule has 4 rings (SSSR count). The van der Waals surface area contributed by atoms with Crippen molar-refractivity contribution in [1.82, 2.24) is 9.47 Å². The molecule has 2 aromatic carbocycles. The van der Waals surface area contributed by atoms with Gasteiger partial charge >= 0.3 is 5.76 Å². The van der Waals surface area contributed by atoms with E-state index in [0.717, 1.165) is 22.8 Å². The zero-order valence-corrected chi connectivity index (χ0v) is 16.2. The molecular formula is C20H19ClN2O3S. The number of hydrogen-bond acceptors (Lipinski definition) is 4. The van der Waals surface area contributed by atoms with Gasteiger partial charge in [0, 0.05) is 29.1 Å². The maximum absolute atomic E-state index is 12.8. The summed E-state index contributed by atoms with van der Waals surface area (Å²) in [6, 6.07) is 15.0. The quantitative estimate of drug-likeness (QED) is 0.665. The number of oxazole rings is 1. The summed E-state index contributed by atoms with van der Waals surface area (Å²) in [5.41, 5.74) is 2.27. The molecule has 0 spiro atoms. The number of hydrogen-bond donors (Lipinski definition) is 0. The number of carbonyl (C=O) groups is 1. The fourth-order valence-electron chi connectivity index (χ4n) is 3.40. The van der Waals surface area contributed by atoms with Gasteiger partial charge < -0.3 is 9.32 Å². The molecule has 1 atom stereocenters. The van der Waals surface area contributed by atoms with Gasteiger partial charge in [0.2, 0.25) is 5.91 Å². The first-order valence-corrected chi connectivity index (χ1v) is 10.3. The van der Waals surface area contributed by atoms with E-state index in [1.54, 1.807) is 18.2 Å². The van der Waals surface area contributed by atoms with E-state index in [-0.39, 0.29) is 17.7 Å². The molecule has 1 aliphatic heterocycles. The Balaban J connectivity index is 1.48. The van der Waals surface area contributed by atoms with Crippen LogP contribution in [0.1, 0.15) is 17.2 Å². The molecule has 1 saturated heterocycles. The van der Waals surface area contributed by atoms with Crippen molar-refractivity contribution in [2.24, 2.45) is 0 Å². The number of para-hydroxylation sites is 2. The van der Waals surface area contributed by atoms with Gasteiger partial charge in [-0.1, -0.05) is 41.9 Å². The molecule has 2 heterocycles. The van der Waals surface area contributed by atoms with Crippen LogP contribution in [-0.4, -0.2) is 34.2 Å². The fraction of sp³-hybridized carbons (Fsp3) is 0.300. The summed E-state index contributed by atoms with van der Waals surface area (Å²) in [7, 11) is 0. The van der Waals surface area contributed by atoms with E-state index in [2.05, 4.69) is 6.07 Å². The third kappa shape index (κ3) is 3.77. The Kier molecular flexibility index (Phi) is 5.27. The molecule has 27 heavy (non-hydrogen) atoms. The van der Waals surface area contributed by atoms with Crippen molar-refractivity contribution >= 4 is 40.4 Å². The Hall–Kier alpha value is -2.18. The second-order valence-electron chi connectivity index (χ2n) is 6.47. The normalized spacial score (nSPS) is 17.8. The highest BCUT2D eigenvalue weighted by atomic mass is 35.5. The molecule has 0 aliphatic carbocycles. The lowest BCUT2D eigenvalue weighted by atomic mass is 10.1. The summed E-state index contributed by atoms with van der Waals surface area (Å²) in [5, 5.41) is 1.04. The molecule has 0 bridgehead atoms. The lowest BCUT2D eigenvalue weighted by Gasteiger charge is -2.20. The molecule has 0 radical (unpaired) electrons. The smallest absolute Gasteiger partial charge is 0.408 e. The predicted molar refractivity (Wildman–Crippen MR) is 108 cm³/mol. The molecule has 0 saturated carbocycles. The van der Waals surface area contributed by atoms with Crippen molar-refractivity contribution in [2.45, 2.75) is 18.2 Å². The van der Waals surface area contributed by atoms with Crippen LogP contribution in [0.3, 0.4) is 0 Å². The van der Waals surface area contributed by atoms with Crippen molar-refractivity contribution < 1.29 is 9.21 Å². The molecule has 5 nitrogen and oxygen atoms in total. The Morgan fingerprint density at radius 3 is 2.78 bits per heavy atom. The molecule has 7 heteroatoms. The fourth-order valence-corrected chi connectivity index (χ4v) is 5.00. The number of benzene rings is 2. The molecule has 1 unspecified atom stereocenters. The number of halogens is 1. The first-order valence-electron chi connectivity index (χ1n) is 8.85. The van der Waals surface area contributed by atoms with Crippen LogP contribution >= 0.6 is 23.4 Å². The Morgan fingerprint density at radius 1 is 1.15 bits per heavy atom. The number of rotatable bonds is 3. The van der Waals surface area contributed by atoms with Crippen molar-refractivity contribution in [2.75, 3.05) is 18.8 Å². The van der Waals surface area contributed by atoms with Gasteiger partial charge in [0.1, 0.15) is 6.54 Å². The molecule has 1 amide bonds. The maximum atomic E-state index is 12.8. The summed E-state index contributed by atoms with van der Waals surface area (Å²) in [6.07, 6.45) is 0.834. The molecule has 3 aromatic rings. The lowest BCUT2D eigenvalue weighted by molar-refractivity contribution is -0.131. The minimum absolute atomic E-state index is 0.00271. The Morgan fingerprint density at radius 2 is 1.93 bits per heavy atom. The first kappa shape index (κ1) is 18.2. The number of aromatic nitrogens is 1. The highest BCUT2D eigenvalue weighted by molar-refractivity contribution is 7.99. The van der Waals surface area contributed by atoms with Gasteiger partial charge in [-0.2, -0.15) is 11.8 Å². The van der Waals surface area contributed by atoms with Crippen molar-refractivity contribution in [3.05, 3.63) is 69.7 Å². The number of fused-ring (bicyclic) bond motifs is 1. The van der Waals surface area contributed by atoms with Crippen LogP contribution < -0.4 is 5.76 Å². The lowest BCUT2D eigenvalue weighted by Crippen LogP contribution is -2.37. The topological polar surface area (TPSA) is 55.5 Å². The third-order valence-electron chi connectivity index (χ3n) is 4.81. The zero-order valence-electron chi connectivity index (χ0n) is 14.6. The van der Waals surface area contributed by atoms with Gasteiger partial charge in [-0.25, -0.2) is 4.79 Å². The molecule has 0 N–H and O–H groups in total. The number of nitrogens with zero attached hydrogens (tertiary/aromatic N) is 2. The number of carbonyl (C=O) groups excluding carboxylic acids is 1. The van der Waals surface area contributed by atoms with E-state index in [1.807, 2.05) is 40.9 Å². The molecule has 1 fully saturated rings. The summed E-state index contributed by atoms with van der Waals surface area (Å²) >= 11 is 8.16. The SMILES string of the molecule is O=C(Cn1c(=O)oc2ccccc21)N1CCSC(c2ccccc2Cl)CC1. The predicted octanol–water partition coefficient (Wildman–Crippen LogP) is 3.95. The van der Waals surface area contributed by atoms with Gasteiger partial charge in [-0.05, 0) is 30.2 Å². The Labute approximate surface area is 165 Å². The minimum atomic E-state index is -0.498. The molecular weight excluding hydrogens is 384 g/mol. The van der Waals surface area contributed by atoms with Gasteiger partial charge in [0.05, 0.1) is 5.52 Å². The van der Waals surface area contributed by atoms with Gasteiger partial charge in [0.25, 0.3) is 0 Å². The van der Waals surface area contributed by atoms with Crippen LogP contribution in [-0.2, 0) is 11.3 Å². The second-order valence-corrected chi connectivity index (χ2v) is 8.19. The average molecular weight is 403 g/mol. The van der Waals surface area contributed by atoms with Gasteiger partial charge in [-0.3, -0.25) is 9.36 Å². The van der Waals surface area contributed by atoms with E-state index in [1.165, 1.54) is 4.57 Å². The van der Waals surface area contributed by atoms with Crippen LogP contribution in [0.2, 0.25) is 5.02 Å². The largest absolute Gasteiger partial charge is 0.420 e. The van der Waals surface area contributed by atoms with Crippen molar-refractivity contribution in [3.63, 3.8) is 0 Å². The van der Waals surface area contributed by atoms with E-state index in [9.17, 15) is 9.59 Å². The molecule has 1 aliphatic rings. The van der Waals surface area contributed by atoms with Crippen LogP contribution in [0.25, 0.3) is 11.1 Å². The standard InChI is InChI=1S/C20H19ClN2O3S/c21-15-6-2-1-5-14(15)18-9-10-22(11-12-27-18)19(24)13-23-16-7-3-4-8-17(16)26-20(23)25/h1-8,18H,9-13H2. The van der Waals surface area contributed by atoms with E-state index in [4.69, 9.17) is 16.0 Å². The van der Waals surface area contributed by atoms with Crippen molar-refractivity contribution in [1.29, 1.82) is 0 Å². The number of amides is 1. The highest BCUT2D eigenvalue weighted by Crippen LogP contribution is 2.37. The van der Waals surface area contributed by atoms with E-state index < -0.39 is 5.76 Å². The summed E-state index contributed by atoms with van der Waals surface area (Å²) in [5.74, 6) is 0.273. The molecule has 1 aromatic heterocycles. The van der Waals surface area contributed by atoms with Crippen LogP contribution in [0.4, 0.5) is 0 Å². The zero-order chi connectivity index (χ0) is 18.8. The van der Waals surface area contributed by atoms with Crippen LogP contribution in [0.15, 0.2) is 57.7 Å².